The Balaban J connectivity index is 1.41. The second-order valence-electron chi connectivity index (χ2n) is 9.76. The van der Waals surface area contributed by atoms with Crippen LogP contribution in [0.1, 0.15) is 60.7 Å². The lowest BCUT2D eigenvalue weighted by Crippen LogP contribution is -2.60. The summed E-state index contributed by atoms with van der Waals surface area (Å²) in [6, 6.07) is 12.3. The first-order valence-corrected chi connectivity index (χ1v) is 11.9. The highest BCUT2D eigenvalue weighted by atomic mass is 35.5. The number of likely N-dealkylation sites (tertiary alicyclic amines) is 1. The van der Waals surface area contributed by atoms with Crippen LogP contribution in [0.25, 0.3) is 0 Å². The first-order valence-electron chi connectivity index (χ1n) is 11.5. The fourth-order valence-electron chi connectivity index (χ4n) is 5.72. The Morgan fingerprint density at radius 3 is 2.79 bits per heavy atom. The number of carbonyl (C=O) groups excluding carboxylic acids is 1. The van der Waals surface area contributed by atoms with Gasteiger partial charge < -0.3 is 19.5 Å². The van der Waals surface area contributed by atoms with Crippen LogP contribution in [0.5, 0.6) is 5.75 Å². The third-order valence-electron chi connectivity index (χ3n) is 7.35. The Bertz CT molecular complexity index is 1100. The maximum absolute atomic E-state index is 13.4. The third kappa shape index (κ3) is 4.00. The molecule has 3 aliphatic rings. The van der Waals surface area contributed by atoms with Crippen molar-refractivity contribution in [3.05, 3.63) is 64.2 Å². The molecule has 0 aromatic heterocycles. The fraction of sp³-hybridized carbons (Fsp3) is 0.462. The molecule has 0 bridgehead atoms. The van der Waals surface area contributed by atoms with E-state index in [1.807, 2.05) is 23.1 Å². The van der Waals surface area contributed by atoms with Gasteiger partial charge in [0.15, 0.2) is 0 Å². The Labute approximate surface area is 198 Å². The summed E-state index contributed by atoms with van der Waals surface area (Å²) in [7, 11) is 0. The number of piperidine rings is 1. The molecule has 3 aliphatic heterocycles. The molecule has 33 heavy (non-hydrogen) atoms. The first kappa shape index (κ1) is 22.2. The summed E-state index contributed by atoms with van der Waals surface area (Å²) in [5, 5.41) is 10.1. The van der Waals surface area contributed by atoms with Crippen LogP contribution in [0.15, 0.2) is 42.5 Å². The second kappa shape index (κ2) is 8.33. The minimum atomic E-state index is -1.02. The number of carboxylic acid groups (broad SMARTS) is 1. The van der Waals surface area contributed by atoms with E-state index in [-0.39, 0.29) is 42.1 Å². The zero-order valence-electron chi connectivity index (χ0n) is 18.8. The van der Waals surface area contributed by atoms with Gasteiger partial charge in [0.1, 0.15) is 11.4 Å². The van der Waals surface area contributed by atoms with Crippen LogP contribution in [0.2, 0.25) is 5.02 Å². The molecule has 0 aliphatic carbocycles. The number of nitrogens with zero attached hydrogens (tertiary/aromatic N) is 1. The van der Waals surface area contributed by atoms with Crippen molar-refractivity contribution in [3.8, 4) is 5.75 Å². The van der Waals surface area contributed by atoms with E-state index < -0.39 is 11.6 Å². The van der Waals surface area contributed by atoms with Gasteiger partial charge in [-0.2, -0.15) is 0 Å². The Kier molecular flexibility index (Phi) is 5.61. The minimum Gasteiger partial charge on any atom is -0.487 e. The van der Waals surface area contributed by atoms with E-state index in [9.17, 15) is 14.7 Å². The number of hydrogen-bond donors (Lipinski definition) is 1. The van der Waals surface area contributed by atoms with Gasteiger partial charge in [-0.05, 0) is 62.9 Å². The first-order chi connectivity index (χ1) is 15.7. The predicted molar refractivity (Wildman–Crippen MR) is 124 cm³/mol. The molecular weight excluding hydrogens is 442 g/mol. The molecule has 0 spiro atoms. The molecular formula is C26H28ClNO5. The Morgan fingerprint density at radius 2 is 2.00 bits per heavy atom. The van der Waals surface area contributed by atoms with Crippen molar-refractivity contribution in [1.29, 1.82) is 0 Å². The van der Waals surface area contributed by atoms with Crippen LogP contribution in [0, 0.1) is 5.92 Å². The second-order valence-corrected chi connectivity index (χ2v) is 10.2. The van der Waals surface area contributed by atoms with E-state index in [0.29, 0.717) is 17.1 Å². The summed E-state index contributed by atoms with van der Waals surface area (Å²) in [4.78, 5) is 26.9. The van der Waals surface area contributed by atoms with Gasteiger partial charge in [0.2, 0.25) is 5.91 Å². The van der Waals surface area contributed by atoms with Gasteiger partial charge in [0.05, 0.1) is 30.2 Å². The molecule has 2 aromatic rings. The molecule has 174 valence electrons. The molecule has 0 saturated carbocycles. The molecule has 2 saturated heterocycles. The molecule has 0 unspecified atom stereocenters. The molecule has 2 fully saturated rings. The number of carboxylic acids is 1. The van der Waals surface area contributed by atoms with Gasteiger partial charge in [0.25, 0.3) is 0 Å². The average molecular weight is 470 g/mol. The van der Waals surface area contributed by atoms with Crippen LogP contribution in [-0.2, 0) is 16.0 Å². The summed E-state index contributed by atoms with van der Waals surface area (Å²) >= 11 is 6.29. The molecule has 7 heteroatoms. The van der Waals surface area contributed by atoms with Crippen LogP contribution in [0.3, 0.4) is 0 Å². The molecule has 1 amide bonds. The highest BCUT2D eigenvalue weighted by Crippen LogP contribution is 2.52. The van der Waals surface area contributed by atoms with Crippen molar-refractivity contribution in [2.24, 2.45) is 5.92 Å². The summed E-state index contributed by atoms with van der Waals surface area (Å²) in [6.45, 7) is 4.80. The maximum atomic E-state index is 13.4. The normalized spacial score (nSPS) is 27.5. The average Bonchev–Trinajstić information content (AvgIpc) is 2.78. The maximum Gasteiger partial charge on any atom is 0.335 e. The lowest BCUT2D eigenvalue weighted by atomic mass is 9.72. The van der Waals surface area contributed by atoms with Crippen LogP contribution in [-0.4, -0.2) is 46.2 Å². The summed E-state index contributed by atoms with van der Waals surface area (Å²) in [5.41, 5.74) is 1.23. The molecule has 0 radical (unpaired) electrons. The SMILES string of the molecule is CC1(C)Oc2ccc(Cl)cc2[C@H]2O[C@H]3CCCN(C(=O)Cc4ccccc4C(=O)O)[C@H]3C[C@@H]21. The van der Waals surface area contributed by atoms with Gasteiger partial charge in [0, 0.05) is 23.0 Å². The number of fused-ring (bicyclic) bond motifs is 4. The van der Waals surface area contributed by atoms with E-state index >= 15 is 0 Å². The zero-order chi connectivity index (χ0) is 23.3. The highest BCUT2D eigenvalue weighted by Gasteiger charge is 2.52. The lowest BCUT2D eigenvalue weighted by molar-refractivity contribution is -0.193. The predicted octanol–water partition coefficient (Wildman–Crippen LogP) is 4.89. The molecule has 1 N–H and O–H groups in total. The van der Waals surface area contributed by atoms with Crippen LogP contribution >= 0.6 is 11.6 Å². The number of rotatable bonds is 3. The number of ether oxygens (including phenoxy) is 2. The van der Waals surface area contributed by atoms with Crippen LogP contribution in [0.4, 0.5) is 0 Å². The van der Waals surface area contributed by atoms with Gasteiger partial charge in [-0.1, -0.05) is 29.8 Å². The van der Waals surface area contributed by atoms with E-state index in [1.54, 1.807) is 24.3 Å². The fourth-order valence-corrected chi connectivity index (χ4v) is 5.90. The number of carbonyl (C=O) groups is 2. The largest absolute Gasteiger partial charge is 0.487 e. The van der Waals surface area contributed by atoms with E-state index in [2.05, 4.69) is 13.8 Å². The highest BCUT2D eigenvalue weighted by molar-refractivity contribution is 6.30. The number of halogens is 1. The number of aromatic carboxylic acids is 1. The zero-order valence-corrected chi connectivity index (χ0v) is 19.5. The van der Waals surface area contributed by atoms with Gasteiger partial charge in [-0.15, -0.1) is 0 Å². The van der Waals surface area contributed by atoms with Crippen molar-refractivity contribution >= 4 is 23.5 Å². The molecule has 4 atom stereocenters. The molecule has 3 heterocycles. The number of amides is 1. The third-order valence-corrected chi connectivity index (χ3v) is 7.59. The number of hydrogen-bond acceptors (Lipinski definition) is 4. The summed E-state index contributed by atoms with van der Waals surface area (Å²) < 4.78 is 13.0. The van der Waals surface area contributed by atoms with Crippen molar-refractivity contribution in [1.82, 2.24) is 4.90 Å². The smallest absolute Gasteiger partial charge is 0.335 e. The standard InChI is InChI=1S/C26H28ClNO5/c1-26(2)19-14-20-22(32-24(19)18-13-16(27)9-10-21(18)33-26)8-5-11-28(20)23(29)12-15-6-3-4-7-17(15)25(30)31/h3-4,6-7,9-10,13,19-20,22,24H,5,8,11-12,14H2,1-2H3,(H,30,31)/t19-,20-,22-,24+/m0/s1. The summed E-state index contributed by atoms with van der Waals surface area (Å²) in [5.74, 6) is -0.210. The molecule has 5 rings (SSSR count). The number of benzene rings is 2. The van der Waals surface area contributed by atoms with Crippen molar-refractivity contribution in [2.45, 2.75) is 63.4 Å². The van der Waals surface area contributed by atoms with Crippen molar-refractivity contribution < 1.29 is 24.2 Å². The summed E-state index contributed by atoms with van der Waals surface area (Å²) in [6.07, 6.45) is 2.37. The van der Waals surface area contributed by atoms with Crippen molar-refractivity contribution in [3.63, 3.8) is 0 Å². The Morgan fingerprint density at radius 1 is 1.21 bits per heavy atom. The van der Waals surface area contributed by atoms with E-state index in [0.717, 1.165) is 30.6 Å². The topological polar surface area (TPSA) is 76.1 Å². The van der Waals surface area contributed by atoms with Gasteiger partial charge in [-0.25, -0.2) is 4.79 Å². The van der Waals surface area contributed by atoms with Gasteiger partial charge >= 0.3 is 5.97 Å². The molecule has 2 aromatic carbocycles. The lowest BCUT2D eigenvalue weighted by Gasteiger charge is -2.54. The van der Waals surface area contributed by atoms with E-state index in [4.69, 9.17) is 21.1 Å². The monoisotopic (exact) mass is 469 g/mol. The van der Waals surface area contributed by atoms with Gasteiger partial charge in [-0.3, -0.25) is 4.79 Å². The molecule has 6 nitrogen and oxygen atoms in total. The minimum absolute atomic E-state index is 0.0570. The quantitative estimate of drug-likeness (QED) is 0.692. The Hall–Kier alpha value is -2.57. The van der Waals surface area contributed by atoms with Crippen molar-refractivity contribution in [2.75, 3.05) is 6.54 Å². The van der Waals surface area contributed by atoms with Crippen LogP contribution < -0.4 is 4.74 Å². The van der Waals surface area contributed by atoms with E-state index in [1.165, 1.54) is 0 Å².